The predicted molar refractivity (Wildman–Crippen MR) is 130 cm³/mol. The summed E-state index contributed by atoms with van der Waals surface area (Å²) in [4.78, 5) is 30.2. The zero-order valence-corrected chi connectivity index (χ0v) is 19.2. The van der Waals surface area contributed by atoms with Crippen molar-refractivity contribution in [2.45, 2.75) is 25.7 Å². The molecule has 0 saturated carbocycles. The third-order valence-electron chi connectivity index (χ3n) is 5.92. The normalized spacial score (nSPS) is 14.2. The number of thiazole rings is 1. The predicted octanol–water partition coefficient (Wildman–Crippen LogP) is 5.37. The SMILES string of the molecule is Cc1c(NC(=O)N2CCC(c3nc(-c4ccccc4[N+](=O)[O-])cs3)CC2)cccc1N(C)[O-]. The average molecular weight is 467 g/mol. The molecular formula is C23H24N5O4S-. The fraction of sp³-hybridized carbons (Fsp3) is 0.304. The second-order valence-corrected chi connectivity index (χ2v) is 8.87. The summed E-state index contributed by atoms with van der Waals surface area (Å²) in [5, 5.41) is 29.5. The van der Waals surface area contributed by atoms with Crippen LogP contribution >= 0.6 is 11.3 Å². The van der Waals surface area contributed by atoms with E-state index in [2.05, 4.69) is 10.3 Å². The van der Waals surface area contributed by atoms with Crippen molar-refractivity contribution in [2.75, 3.05) is 30.5 Å². The number of anilines is 2. The fourth-order valence-corrected chi connectivity index (χ4v) is 5.06. The molecule has 0 unspecified atom stereocenters. The van der Waals surface area contributed by atoms with Gasteiger partial charge in [-0.15, -0.1) is 11.3 Å². The van der Waals surface area contributed by atoms with Gasteiger partial charge in [0.15, 0.2) is 0 Å². The molecule has 9 nitrogen and oxygen atoms in total. The second-order valence-electron chi connectivity index (χ2n) is 7.98. The maximum absolute atomic E-state index is 12.8. The van der Waals surface area contributed by atoms with Gasteiger partial charge in [0.05, 0.1) is 21.2 Å². The number of aromatic nitrogens is 1. The number of nitrogens with zero attached hydrogens (tertiary/aromatic N) is 4. The number of nitrogens with one attached hydrogen (secondary N) is 1. The van der Waals surface area contributed by atoms with E-state index in [1.165, 1.54) is 24.5 Å². The molecule has 1 aliphatic rings. The van der Waals surface area contributed by atoms with Gasteiger partial charge >= 0.3 is 6.03 Å². The molecule has 33 heavy (non-hydrogen) atoms. The number of hydroxylamine groups is 1. The Morgan fingerprint density at radius 2 is 1.94 bits per heavy atom. The van der Waals surface area contributed by atoms with Gasteiger partial charge in [0.2, 0.25) is 0 Å². The van der Waals surface area contributed by atoms with Gasteiger partial charge in [0, 0.05) is 41.8 Å². The van der Waals surface area contributed by atoms with E-state index in [0.29, 0.717) is 35.7 Å². The molecule has 1 fully saturated rings. The van der Waals surface area contributed by atoms with Crippen LogP contribution in [0.15, 0.2) is 47.8 Å². The molecule has 1 N–H and O–H groups in total. The van der Waals surface area contributed by atoms with Crippen LogP contribution in [0.2, 0.25) is 0 Å². The number of urea groups is 1. The van der Waals surface area contributed by atoms with Crippen LogP contribution in [0, 0.1) is 22.2 Å². The molecule has 0 radical (unpaired) electrons. The van der Waals surface area contributed by atoms with E-state index in [-0.39, 0.29) is 17.6 Å². The van der Waals surface area contributed by atoms with E-state index < -0.39 is 4.92 Å². The van der Waals surface area contributed by atoms with Gasteiger partial charge < -0.3 is 20.5 Å². The Labute approximate surface area is 195 Å². The minimum atomic E-state index is -0.391. The number of carbonyl (C=O) groups excluding carboxylic acids is 1. The Hall–Kier alpha value is -3.50. The van der Waals surface area contributed by atoms with E-state index in [1.807, 2.05) is 12.3 Å². The quantitative estimate of drug-likeness (QED) is 0.399. The fourth-order valence-electron chi connectivity index (χ4n) is 4.07. The molecule has 3 aromatic rings. The average Bonchev–Trinajstić information content (AvgIpc) is 3.30. The Balaban J connectivity index is 1.40. The minimum Gasteiger partial charge on any atom is -0.758 e. The van der Waals surface area contributed by atoms with Crippen LogP contribution in [0.5, 0.6) is 0 Å². The lowest BCUT2D eigenvalue weighted by Gasteiger charge is -2.32. The van der Waals surface area contributed by atoms with Crippen molar-refractivity contribution in [3.05, 3.63) is 73.7 Å². The highest BCUT2D eigenvalue weighted by Crippen LogP contribution is 2.36. The number of rotatable bonds is 5. The molecule has 10 heteroatoms. The van der Waals surface area contributed by atoms with Gasteiger partial charge in [-0.2, -0.15) is 0 Å². The highest BCUT2D eigenvalue weighted by atomic mass is 32.1. The van der Waals surface area contributed by atoms with Gasteiger partial charge in [-0.25, -0.2) is 9.78 Å². The molecular weight excluding hydrogens is 442 g/mol. The number of para-hydroxylation sites is 1. The Kier molecular flexibility index (Phi) is 6.57. The summed E-state index contributed by atoms with van der Waals surface area (Å²) in [7, 11) is 1.43. The second kappa shape index (κ2) is 9.55. The van der Waals surface area contributed by atoms with E-state index >= 15 is 0 Å². The van der Waals surface area contributed by atoms with Crippen molar-refractivity contribution in [3.63, 3.8) is 0 Å². The Morgan fingerprint density at radius 1 is 1.21 bits per heavy atom. The lowest BCUT2D eigenvalue weighted by Crippen LogP contribution is -2.40. The number of likely N-dealkylation sites (tertiary alicyclic amines) is 1. The first-order valence-electron chi connectivity index (χ1n) is 10.6. The summed E-state index contributed by atoms with van der Waals surface area (Å²) in [6, 6.07) is 11.7. The van der Waals surface area contributed by atoms with Crippen LogP contribution in [0.3, 0.4) is 0 Å². The number of nitro groups is 1. The molecule has 0 bridgehead atoms. The molecule has 2 aromatic carbocycles. The van der Waals surface area contributed by atoms with E-state index in [9.17, 15) is 20.1 Å². The molecule has 2 amide bonds. The third kappa shape index (κ3) is 4.81. The van der Waals surface area contributed by atoms with Gasteiger partial charge in [0.25, 0.3) is 5.69 Å². The minimum absolute atomic E-state index is 0.0448. The molecule has 1 saturated heterocycles. The molecule has 1 aliphatic heterocycles. The maximum atomic E-state index is 12.8. The first-order chi connectivity index (χ1) is 15.8. The summed E-state index contributed by atoms with van der Waals surface area (Å²) < 4.78 is 0. The first kappa shape index (κ1) is 22.7. The van der Waals surface area contributed by atoms with E-state index in [0.717, 1.165) is 28.5 Å². The summed E-state index contributed by atoms with van der Waals surface area (Å²) in [5.74, 6) is 0.203. The first-order valence-corrected chi connectivity index (χ1v) is 11.5. The number of hydrogen-bond donors (Lipinski definition) is 1. The molecule has 0 aliphatic carbocycles. The topological polar surface area (TPSA) is 115 Å². The molecule has 4 rings (SSSR count). The van der Waals surface area contributed by atoms with Crippen LogP contribution in [0.4, 0.5) is 21.9 Å². The van der Waals surface area contributed by atoms with Crippen molar-refractivity contribution in [1.82, 2.24) is 9.88 Å². The third-order valence-corrected chi connectivity index (χ3v) is 6.92. The highest BCUT2D eigenvalue weighted by Gasteiger charge is 2.27. The number of amides is 2. The highest BCUT2D eigenvalue weighted by molar-refractivity contribution is 7.10. The van der Waals surface area contributed by atoms with E-state index in [4.69, 9.17) is 0 Å². The summed E-state index contributed by atoms with van der Waals surface area (Å²) >= 11 is 1.50. The Bertz CT molecular complexity index is 1170. The maximum Gasteiger partial charge on any atom is 0.321 e. The smallest absolute Gasteiger partial charge is 0.321 e. The van der Waals surface area contributed by atoms with Crippen LogP contribution < -0.4 is 10.4 Å². The Morgan fingerprint density at radius 3 is 2.64 bits per heavy atom. The van der Waals surface area contributed by atoms with E-state index in [1.54, 1.807) is 41.3 Å². The zero-order valence-electron chi connectivity index (χ0n) is 18.4. The number of piperidine rings is 1. The number of hydrogen-bond acceptors (Lipinski definition) is 7. The van der Waals surface area contributed by atoms with Crippen molar-refractivity contribution in [2.24, 2.45) is 0 Å². The molecule has 0 atom stereocenters. The van der Waals surface area contributed by atoms with Gasteiger partial charge in [-0.05, 0) is 50.6 Å². The largest absolute Gasteiger partial charge is 0.758 e. The van der Waals surface area contributed by atoms with Crippen molar-refractivity contribution in [3.8, 4) is 11.3 Å². The summed E-state index contributed by atoms with van der Waals surface area (Å²) in [5.41, 5.74) is 3.04. The summed E-state index contributed by atoms with van der Waals surface area (Å²) in [6.07, 6.45) is 1.53. The zero-order chi connectivity index (χ0) is 23.5. The van der Waals surface area contributed by atoms with Crippen molar-refractivity contribution < 1.29 is 9.72 Å². The standard InChI is InChI=1S/C23H24N5O4S/c1-15-18(7-5-9-20(15)26(2)30)25-23(29)27-12-10-16(11-13-27)22-24-19(14-33-22)17-6-3-4-8-21(17)28(31)32/h3-9,14,16H,10-13H2,1-2H3,(H,25,29)/q-1. The number of carbonyl (C=O) groups is 1. The van der Waals surface area contributed by atoms with Crippen LogP contribution in [0.1, 0.15) is 29.3 Å². The molecule has 0 spiro atoms. The molecule has 1 aromatic heterocycles. The van der Waals surface area contributed by atoms with Crippen molar-refractivity contribution >= 4 is 34.4 Å². The number of benzene rings is 2. The number of nitro benzene ring substituents is 1. The monoisotopic (exact) mass is 466 g/mol. The van der Waals surface area contributed by atoms with Gasteiger partial charge in [0.1, 0.15) is 0 Å². The van der Waals surface area contributed by atoms with Gasteiger partial charge in [-0.1, -0.05) is 18.2 Å². The lowest BCUT2D eigenvalue weighted by atomic mass is 9.97. The summed E-state index contributed by atoms with van der Waals surface area (Å²) in [6.45, 7) is 2.97. The van der Waals surface area contributed by atoms with Gasteiger partial charge in [-0.3, -0.25) is 10.1 Å². The van der Waals surface area contributed by atoms with Crippen LogP contribution in [0.25, 0.3) is 11.3 Å². The molecule has 2 heterocycles. The van der Waals surface area contributed by atoms with Crippen molar-refractivity contribution in [1.29, 1.82) is 0 Å². The molecule has 172 valence electrons. The van der Waals surface area contributed by atoms with Crippen LogP contribution in [-0.2, 0) is 0 Å². The van der Waals surface area contributed by atoms with Crippen LogP contribution in [-0.4, -0.2) is 41.0 Å². The lowest BCUT2D eigenvalue weighted by molar-refractivity contribution is -0.384.